The number of hydrogen-bond donors (Lipinski definition) is 1. The van der Waals surface area contributed by atoms with Crippen LogP contribution in [0.25, 0.3) is 32.8 Å². The Morgan fingerprint density at radius 1 is 0.975 bits per heavy atom. The Morgan fingerprint density at radius 3 is 2.75 bits per heavy atom. The molecule has 7 heteroatoms. The second-order valence-electron chi connectivity index (χ2n) is 10.2. The van der Waals surface area contributed by atoms with E-state index in [1.54, 1.807) is 12.1 Å². The van der Waals surface area contributed by atoms with E-state index in [-0.39, 0.29) is 39.0 Å². The number of ether oxygens (including phenoxy) is 2. The van der Waals surface area contributed by atoms with Crippen molar-refractivity contribution in [3.05, 3.63) is 107 Å². The molecular formula is C33H23N2O4Pt-. The minimum Gasteiger partial charge on any atom is -0.514 e. The van der Waals surface area contributed by atoms with Gasteiger partial charge in [0.25, 0.3) is 0 Å². The number of fused-ring (bicyclic) bond motifs is 7. The molecule has 0 bridgehead atoms. The van der Waals surface area contributed by atoms with Crippen LogP contribution >= 0.6 is 0 Å². The fraction of sp³-hybridized carbons (Fsp3) is 0.152. The van der Waals surface area contributed by atoms with Gasteiger partial charge in [0.15, 0.2) is 0 Å². The Balaban J connectivity index is 0.00000264. The molecule has 6 aromatic rings. The Labute approximate surface area is 244 Å². The van der Waals surface area contributed by atoms with Crippen molar-refractivity contribution in [3.8, 4) is 17.4 Å². The zero-order valence-electron chi connectivity index (χ0n) is 21.5. The summed E-state index contributed by atoms with van der Waals surface area (Å²) >= 11 is 0. The molecule has 2 aliphatic rings. The maximum atomic E-state index is 10.5. The first-order valence-electron chi connectivity index (χ1n) is 13.1. The number of furan rings is 1. The van der Waals surface area contributed by atoms with E-state index >= 15 is 0 Å². The smallest absolute Gasteiger partial charge is 0.217 e. The summed E-state index contributed by atoms with van der Waals surface area (Å²) in [6.45, 7) is 1.94. The summed E-state index contributed by atoms with van der Waals surface area (Å²) in [5, 5.41) is 13.2. The number of benzene rings is 4. The quantitative estimate of drug-likeness (QED) is 0.192. The molecule has 1 N–H and O–H groups in total. The fourth-order valence-corrected chi connectivity index (χ4v) is 5.87. The summed E-state index contributed by atoms with van der Waals surface area (Å²) in [6, 6.07) is 28.9. The van der Waals surface area contributed by atoms with Crippen LogP contribution in [0.4, 0.5) is 0 Å². The van der Waals surface area contributed by atoms with Gasteiger partial charge in [-0.15, -0.1) is 0 Å². The largest absolute Gasteiger partial charge is 0.514 e. The zero-order chi connectivity index (χ0) is 26.1. The minimum atomic E-state index is -0.0593. The summed E-state index contributed by atoms with van der Waals surface area (Å²) in [6.07, 6.45) is 1.84. The standard InChI is InChI=1S/C33H23N2O4.Pt/c1-18-14-20-11-13-29(34-30(20)26(36)15-18)37-21-16-24-23-8-4-5-9-27(23)38-32(24)25(17-21)33-35-31-22-7-3-2-6-19(22)10-12-28(31)39-33;/h2-9,11,13-16,28,31,36H,10,12H2,1H3;/q-1;/t28-,31-;/m0./s1. The van der Waals surface area contributed by atoms with Crippen molar-refractivity contribution in [2.45, 2.75) is 31.9 Å². The number of aryl methyl sites for hydroxylation is 2. The number of aromatic nitrogens is 1. The van der Waals surface area contributed by atoms with Crippen molar-refractivity contribution in [3.63, 3.8) is 0 Å². The van der Waals surface area contributed by atoms with Crippen LogP contribution < -0.4 is 4.74 Å². The van der Waals surface area contributed by atoms with Crippen LogP contribution in [0.1, 0.15) is 34.7 Å². The van der Waals surface area contributed by atoms with Crippen LogP contribution in [0.3, 0.4) is 0 Å². The summed E-state index contributed by atoms with van der Waals surface area (Å²) in [5.41, 5.74) is 6.05. The molecule has 3 heterocycles. The van der Waals surface area contributed by atoms with E-state index in [9.17, 15) is 5.11 Å². The molecule has 1 aliphatic heterocycles. The summed E-state index contributed by atoms with van der Waals surface area (Å²) in [7, 11) is 0. The minimum absolute atomic E-state index is 0. The number of pyridine rings is 1. The molecule has 0 spiro atoms. The monoisotopic (exact) mass is 706 g/mol. The van der Waals surface area contributed by atoms with Crippen molar-refractivity contribution >= 4 is 38.7 Å². The molecule has 8 rings (SSSR count). The molecule has 0 saturated carbocycles. The van der Waals surface area contributed by atoms with Gasteiger partial charge in [-0.1, -0.05) is 60.0 Å². The fourth-order valence-electron chi connectivity index (χ4n) is 5.87. The maximum Gasteiger partial charge on any atom is 0.217 e. The SMILES string of the molecule is Cc1cc(O)c2nc(Oc3[c-]c(C4=N[C@H]5c6ccccc6CC[C@@H]5O4)c4oc5ccccc5c4c3)ccc2c1.[Pt]. The third kappa shape index (κ3) is 3.98. The number of hydrogen-bond acceptors (Lipinski definition) is 6. The van der Waals surface area contributed by atoms with Crippen molar-refractivity contribution in [2.24, 2.45) is 4.99 Å². The maximum absolute atomic E-state index is 10.5. The van der Waals surface area contributed by atoms with Crippen LogP contribution in [0.2, 0.25) is 0 Å². The van der Waals surface area contributed by atoms with Gasteiger partial charge in [0.2, 0.25) is 5.88 Å². The first-order valence-corrected chi connectivity index (χ1v) is 13.1. The summed E-state index contributed by atoms with van der Waals surface area (Å²) in [4.78, 5) is 9.62. The predicted molar refractivity (Wildman–Crippen MR) is 150 cm³/mol. The Bertz CT molecular complexity index is 1980. The molecule has 40 heavy (non-hydrogen) atoms. The number of phenolic OH excluding ortho intramolecular Hbond substituents is 1. The van der Waals surface area contributed by atoms with Crippen LogP contribution in [0, 0.1) is 13.0 Å². The first-order chi connectivity index (χ1) is 19.1. The average molecular weight is 707 g/mol. The van der Waals surface area contributed by atoms with E-state index < -0.39 is 0 Å². The van der Waals surface area contributed by atoms with Crippen LogP contribution in [-0.4, -0.2) is 22.1 Å². The number of aromatic hydroxyl groups is 1. The molecule has 0 unspecified atom stereocenters. The third-order valence-electron chi connectivity index (χ3n) is 7.65. The molecule has 2 atom stereocenters. The summed E-state index contributed by atoms with van der Waals surface area (Å²) < 4.78 is 19.0. The molecule has 6 nitrogen and oxygen atoms in total. The average Bonchev–Trinajstić information content (AvgIpc) is 3.55. The second kappa shape index (κ2) is 9.49. The van der Waals surface area contributed by atoms with E-state index in [1.165, 1.54) is 11.1 Å². The van der Waals surface area contributed by atoms with Gasteiger partial charge in [-0.05, 0) is 66.3 Å². The molecule has 4 aromatic carbocycles. The Hall–Kier alpha value is -4.15. The third-order valence-corrected chi connectivity index (χ3v) is 7.65. The van der Waals surface area contributed by atoms with Gasteiger partial charge in [-0.2, -0.15) is 0 Å². The predicted octanol–water partition coefficient (Wildman–Crippen LogP) is 7.57. The van der Waals surface area contributed by atoms with Gasteiger partial charge < -0.3 is 19.0 Å². The molecule has 0 saturated heterocycles. The number of aliphatic imine (C=N–C) groups is 1. The van der Waals surface area contributed by atoms with Crippen molar-refractivity contribution in [1.82, 2.24) is 4.98 Å². The van der Waals surface area contributed by atoms with Gasteiger partial charge in [0, 0.05) is 43.7 Å². The van der Waals surface area contributed by atoms with Crippen molar-refractivity contribution in [1.29, 1.82) is 0 Å². The van der Waals surface area contributed by atoms with E-state index in [0.29, 0.717) is 34.2 Å². The topological polar surface area (TPSA) is 77.1 Å². The molecule has 0 amide bonds. The van der Waals surface area contributed by atoms with E-state index in [4.69, 9.17) is 18.9 Å². The molecule has 1 aliphatic carbocycles. The Kier molecular flexibility index (Phi) is 5.90. The van der Waals surface area contributed by atoms with Crippen LogP contribution in [0.15, 0.2) is 88.3 Å². The number of nitrogens with zero attached hydrogens (tertiary/aromatic N) is 2. The van der Waals surface area contributed by atoms with Gasteiger partial charge in [-0.25, -0.2) is 4.98 Å². The first kappa shape index (κ1) is 24.9. The van der Waals surface area contributed by atoms with E-state index in [1.807, 2.05) is 49.4 Å². The number of phenols is 1. The second-order valence-corrected chi connectivity index (χ2v) is 10.2. The molecule has 0 radical (unpaired) electrons. The molecular weight excluding hydrogens is 683 g/mol. The zero-order valence-corrected chi connectivity index (χ0v) is 23.7. The van der Waals surface area contributed by atoms with Crippen molar-refractivity contribution < 1.29 is 40.1 Å². The van der Waals surface area contributed by atoms with Crippen LogP contribution in [0.5, 0.6) is 17.4 Å². The van der Waals surface area contributed by atoms with E-state index in [0.717, 1.165) is 40.1 Å². The van der Waals surface area contributed by atoms with Gasteiger partial charge in [0.05, 0.1) is 5.58 Å². The van der Waals surface area contributed by atoms with Gasteiger partial charge in [-0.3, -0.25) is 4.99 Å². The van der Waals surface area contributed by atoms with E-state index in [2.05, 4.69) is 35.3 Å². The normalized spacial score (nSPS) is 17.7. The number of para-hydroxylation sites is 1. The molecule has 200 valence electrons. The Morgan fingerprint density at radius 2 is 1.82 bits per heavy atom. The summed E-state index contributed by atoms with van der Waals surface area (Å²) in [5.74, 6) is 1.45. The van der Waals surface area contributed by atoms with Crippen LogP contribution in [-0.2, 0) is 32.2 Å². The van der Waals surface area contributed by atoms with Gasteiger partial charge in [0.1, 0.15) is 34.9 Å². The molecule has 2 aromatic heterocycles. The molecule has 0 fully saturated rings. The van der Waals surface area contributed by atoms with Crippen molar-refractivity contribution in [2.75, 3.05) is 0 Å². The van der Waals surface area contributed by atoms with Gasteiger partial charge >= 0.3 is 0 Å². The number of rotatable bonds is 3.